The van der Waals surface area contributed by atoms with Gasteiger partial charge in [-0.25, -0.2) is 0 Å². The first-order chi connectivity index (χ1) is 9.72. The van der Waals surface area contributed by atoms with Gasteiger partial charge in [-0.05, 0) is 24.3 Å². The largest absolute Gasteiger partial charge is 0.203 e. The van der Waals surface area contributed by atoms with E-state index < -0.39 is 0 Å². The lowest BCUT2D eigenvalue weighted by molar-refractivity contribution is 0.876. The lowest BCUT2D eigenvalue weighted by Gasteiger charge is -2.01. The predicted molar refractivity (Wildman–Crippen MR) is 78.5 cm³/mol. The topological polar surface area (TPSA) is 51.6 Å². The van der Waals surface area contributed by atoms with E-state index in [-0.39, 0.29) is 0 Å². The highest BCUT2D eigenvalue weighted by atomic mass is 35.5. The summed E-state index contributed by atoms with van der Waals surface area (Å²) < 4.78 is 0. The minimum Gasteiger partial charge on any atom is -0.126 e. The molecule has 0 aliphatic heterocycles. The van der Waals surface area contributed by atoms with Gasteiger partial charge in [0.2, 0.25) is 11.6 Å². The van der Waals surface area contributed by atoms with E-state index in [2.05, 4.69) is 20.4 Å². The van der Waals surface area contributed by atoms with Gasteiger partial charge in [0, 0.05) is 21.2 Å². The third-order valence-corrected chi connectivity index (χ3v) is 3.11. The van der Waals surface area contributed by atoms with Gasteiger partial charge in [-0.2, -0.15) is 0 Å². The number of nitrogens with zero attached hydrogens (tertiary/aromatic N) is 4. The zero-order valence-corrected chi connectivity index (χ0v) is 11.7. The molecular formula is C14H8Cl2N4. The van der Waals surface area contributed by atoms with Gasteiger partial charge in [0.05, 0.1) is 0 Å². The van der Waals surface area contributed by atoms with Crippen molar-refractivity contribution in [2.75, 3.05) is 0 Å². The van der Waals surface area contributed by atoms with E-state index in [1.807, 2.05) is 24.3 Å². The Balaban J connectivity index is 1.96. The van der Waals surface area contributed by atoms with Crippen LogP contribution in [0.4, 0.5) is 0 Å². The minimum atomic E-state index is 0.429. The van der Waals surface area contributed by atoms with Crippen molar-refractivity contribution in [2.45, 2.75) is 0 Å². The summed E-state index contributed by atoms with van der Waals surface area (Å²) in [7, 11) is 0. The smallest absolute Gasteiger partial charge is 0.126 e. The molecule has 1 aromatic heterocycles. The standard InChI is InChI=1S/C14H8Cl2N4/c15-11-5-1-3-9(7-11)13-17-19-14(20-18-13)10-4-2-6-12(16)8-10/h1-8H. The molecule has 6 heteroatoms. The molecule has 0 fully saturated rings. The van der Waals surface area contributed by atoms with E-state index in [1.54, 1.807) is 24.3 Å². The molecule has 0 aliphatic rings. The normalized spacial score (nSPS) is 10.5. The Hall–Kier alpha value is -2.04. The van der Waals surface area contributed by atoms with E-state index in [0.717, 1.165) is 11.1 Å². The third-order valence-electron chi connectivity index (χ3n) is 2.64. The second-order valence-corrected chi connectivity index (χ2v) is 4.94. The van der Waals surface area contributed by atoms with Crippen LogP contribution in [0.2, 0.25) is 10.0 Å². The van der Waals surface area contributed by atoms with E-state index in [1.165, 1.54) is 0 Å². The lowest BCUT2D eigenvalue weighted by atomic mass is 10.2. The summed E-state index contributed by atoms with van der Waals surface area (Å²) in [5.74, 6) is 0.858. The molecule has 0 saturated carbocycles. The van der Waals surface area contributed by atoms with Crippen molar-refractivity contribution in [1.82, 2.24) is 20.4 Å². The van der Waals surface area contributed by atoms with Crippen LogP contribution in [0.3, 0.4) is 0 Å². The quantitative estimate of drug-likeness (QED) is 0.720. The maximum absolute atomic E-state index is 5.93. The summed E-state index contributed by atoms with van der Waals surface area (Å²) in [4.78, 5) is 0. The second kappa shape index (κ2) is 5.53. The molecule has 0 spiro atoms. The van der Waals surface area contributed by atoms with E-state index >= 15 is 0 Å². The van der Waals surface area contributed by atoms with Gasteiger partial charge in [0.1, 0.15) is 0 Å². The van der Waals surface area contributed by atoms with E-state index in [4.69, 9.17) is 23.2 Å². The Morgan fingerprint density at radius 3 is 1.35 bits per heavy atom. The Labute approximate surface area is 125 Å². The van der Waals surface area contributed by atoms with Gasteiger partial charge in [0.15, 0.2) is 0 Å². The molecule has 3 rings (SSSR count). The van der Waals surface area contributed by atoms with Crippen molar-refractivity contribution in [1.29, 1.82) is 0 Å². The van der Waals surface area contributed by atoms with E-state index in [0.29, 0.717) is 21.7 Å². The maximum atomic E-state index is 5.93. The van der Waals surface area contributed by atoms with Crippen LogP contribution in [0, 0.1) is 0 Å². The monoisotopic (exact) mass is 302 g/mol. The molecule has 0 N–H and O–H groups in total. The zero-order chi connectivity index (χ0) is 13.9. The first-order valence-electron chi connectivity index (χ1n) is 5.82. The average Bonchev–Trinajstić information content (AvgIpc) is 2.47. The SMILES string of the molecule is Clc1cccc(-c2nnc(-c3cccc(Cl)c3)nn2)c1. The van der Waals surface area contributed by atoms with Gasteiger partial charge < -0.3 is 0 Å². The highest BCUT2D eigenvalue weighted by Crippen LogP contribution is 2.21. The van der Waals surface area contributed by atoms with Crippen molar-refractivity contribution in [2.24, 2.45) is 0 Å². The number of halogens is 2. The summed E-state index contributed by atoms with van der Waals surface area (Å²) in [6.45, 7) is 0. The summed E-state index contributed by atoms with van der Waals surface area (Å²) >= 11 is 11.9. The maximum Gasteiger partial charge on any atom is 0.203 e. The zero-order valence-electron chi connectivity index (χ0n) is 10.2. The molecule has 1 heterocycles. The van der Waals surface area contributed by atoms with Crippen molar-refractivity contribution < 1.29 is 0 Å². The van der Waals surface area contributed by atoms with Gasteiger partial charge in [-0.3, -0.25) is 0 Å². The van der Waals surface area contributed by atoms with Gasteiger partial charge >= 0.3 is 0 Å². The highest BCUT2D eigenvalue weighted by Gasteiger charge is 2.07. The van der Waals surface area contributed by atoms with Gasteiger partial charge in [0.25, 0.3) is 0 Å². The summed E-state index contributed by atoms with van der Waals surface area (Å²) in [5.41, 5.74) is 1.55. The Kier molecular flexibility index (Phi) is 3.58. The molecule has 0 saturated heterocycles. The molecule has 3 aromatic rings. The Morgan fingerprint density at radius 1 is 0.600 bits per heavy atom. The Morgan fingerprint density at radius 2 is 1.00 bits per heavy atom. The van der Waals surface area contributed by atoms with Crippen LogP contribution in [0.25, 0.3) is 22.8 Å². The molecule has 20 heavy (non-hydrogen) atoms. The van der Waals surface area contributed by atoms with Crippen LogP contribution in [-0.2, 0) is 0 Å². The molecule has 0 amide bonds. The fourth-order valence-corrected chi connectivity index (χ4v) is 2.10. The number of hydrogen-bond donors (Lipinski definition) is 0. The number of aromatic nitrogens is 4. The molecule has 0 aliphatic carbocycles. The number of benzene rings is 2. The summed E-state index contributed by atoms with van der Waals surface area (Å²) in [5, 5.41) is 17.5. The van der Waals surface area contributed by atoms with Crippen LogP contribution >= 0.6 is 23.2 Å². The van der Waals surface area contributed by atoms with Crippen molar-refractivity contribution in [3.05, 3.63) is 58.6 Å². The summed E-state index contributed by atoms with van der Waals surface area (Å²) in [6, 6.07) is 14.4. The first kappa shape index (κ1) is 13.0. The van der Waals surface area contributed by atoms with Crippen LogP contribution in [0.1, 0.15) is 0 Å². The molecule has 0 unspecified atom stereocenters. The average molecular weight is 303 g/mol. The van der Waals surface area contributed by atoms with Crippen LogP contribution in [0.15, 0.2) is 48.5 Å². The lowest BCUT2D eigenvalue weighted by Crippen LogP contribution is -1.99. The molecule has 4 nitrogen and oxygen atoms in total. The van der Waals surface area contributed by atoms with Crippen molar-refractivity contribution >= 4 is 23.2 Å². The Bertz CT molecular complexity index is 680. The molecule has 0 atom stereocenters. The van der Waals surface area contributed by atoms with E-state index in [9.17, 15) is 0 Å². The molecule has 98 valence electrons. The third kappa shape index (κ3) is 2.76. The van der Waals surface area contributed by atoms with Crippen molar-refractivity contribution in [3.63, 3.8) is 0 Å². The molecule has 0 radical (unpaired) electrons. The fraction of sp³-hybridized carbons (Fsp3) is 0. The number of rotatable bonds is 2. The summed E-state index contributed by atoms with van der Waals surface area (Å²) in [6.07, 6.45) is 0. The molecular weight excluding hydrogens is 295 g/mol. The van der Waals surface area contributed by atoms with Crippen molar-refractivity contribution in [3.8, 4) is 22.8 Å². The fourth-order valence-electron chi connectivity index (χ4n) is 1.72. The molecule has 0 bridgehead atoms. The second-order valence-electron chi connectivity index (χ2n) is 4.07. The van der Waals surface area contributed by atoms with Gasteiger partial charge in [-0.1, -0.05) is 47.5 Å². The number of hydrogen-bond acceptors (Lipinski definition) is 4. The van der Waals surface area contributed by atoms with Crippen LogP contribution < -0.4 is 0 Å². The predicted octanol–water partition coefficient (Wildman–Crippen LogP) is 3.91. The minimum absolute atomic E-state index is 0.429. The highest BCUT2D eigenvalue weighted by molar-refractivity contribution is 6.31. The first-order valence-corrected chi connectivity index (χ1v) is 6.57. The van der Waals surface area contributed by atoms with Gasteiger partial charge in [-0.15, -0.1) is 20.4 Å². The molecule has 2 aromatic carbocycles. The van der Waals surface area contributed by atoms with Crippen LogP contribution in [-0.4, -0.2) is 20.4 Å². The van der Waals surface area contributed by atoms with Crippen LogP contribution in [0.5, 0.6) is 0 Å².